The molecule has 1 aromatic heterocycles. The smallest absolute Gasteiger partial charge is 0.377 e. The summed E-state index contributed by atoms with van der Waals surface area (Å²) < 4.78 is 44.6. The van der Waals surface area contributed by atoms with Crippen LogP contribution >= 0.6 is 0 Å². The largest absolute Gasteiger partial charge is 0.416 e. The molecule has 0 bridgehead atoms. The Bertz CT molecular complexity index is 1190. The molecule has 2 N–H and O–H groups in total. The maximum absolute atomic E-state index is 13.0. The third kappa shape index (κ3) is 5.96. The molecule has 10 heteroatoms. The number of halogens is 3. The number of H-pyrrole nitrogens is 1. The van der Waals surface area contributed by atoms with E-state index in [1.165, 1.54) is 12.1 Å². The van der Waals surface area contributed by atoms with E-state index in [4.69, 9.17) is 4.74 Å². The van der Waals surface area contributed by atoms with Gasteiger partial charge >= 0.3 is 6.18 Å². The van der Waals surface area contributed by atoms with Crippen LogP contribution in [-0.4, -0.2) is 46.6 Å². The molecule has 174 valence electrons. The van der Waals surface area contributed by atoms with E-state index in [1.54, 1.807) is 29.2 Å². The van der Waals surface area contributed by atoms with Crippen LogP contribution in [0.15, 0.2) is 53.3 Å². The van der Waals surface area contributed by atoms with Gasteiger partial charge in [-0.05, 0) is 43.2 Å². The van der Waals surface area contributed by atoms with Crippen LogP contribution < -0.4 is 10.9 Å². The third-order valence-electron chi connectivity index (χ3n) is 5.36. The van der Waals surface area contributed by atoms with Gasteiger partial charge in [-0.15, -0.1) is 0 Å². The second-order valence-corrected chi connectivity index (χ2v) is 7.96. The number of hydrogen-bond acceptors (Lipinski definition) is 5. The summed E-state index contributed by atoms with van der Waals surface area (Å²) in [7, 11) is 0. The van der Waals surface area contributed by atoms with E-state index >= 15 is 0 Å². The molecule has 1 amide bonds. The Morgan fingerprint density at radius 1 is 1.21 bits per heavy atom. The summed E-state index contributed by atoms with van der Waals surface area (Å²) in [6.45, 7) is 1.13. The van der Waals surface area contributed by atoms with Crippen LogP contribution in [0, 0.1) is 0 Å². The number of rotatable bonds is 7. The molecule has 1 fully saturated rings. The van der Waals surface area contributed by atoms with Gasteiger partial charge in [-0.1, -0.05) is 18.2 Å². The molecule has 33 heavy (non-hydrogen) atoms. The average Bonchev–Trinajstić information content (AvgIpc) is 3.26. The Balaban J connectivity index is 1.50. The maximum Gasteiger partial charge on any atom is 0.416 e. The van der Waals surface area contributed by atoms with Gasteiger partial charge in [0.05, 0.1) is 35.7 Å². The molecule has 0 saturated carbocycles. The van der Waals surface area contributed by atoms with Gasteiger partial charge < -0.3 is 15.0 Å². The van der Waals surface area contributed by atoms with Crippen LogP contribution in [0.3, 0.4) is 0 Å². The van der Waals surface area contributed by atoms with Crippen molar-refractivity contribution in [3.8, 4) is 0 Å². The first-order valence-electron chi connectivity index (χ1n) is 10.6. The van der Waals surface area contributed by atoms with Crippen molar-refractivity contribution in [1.29, 1.82) is 0 Å². The molecule has 0 aliphatic carbocycles. The fourth-order valence-electron chi connectivity index (χ4n) is 3.86. The first-order chi connectivity index (χ1) is 15.8. The predicted molar refractivity (Wildman–Crippen MR) is 117 cm³/mol. The lowest BCUT2D eigenvalue weighted by atomic mass is 10.2. The van der Waals surface area contributed by atoms with Crippen molar-refractivity contribution < 1.29 is 22.7 Å². The average molecular weight is 460 g/mol. The van der Waals surface area contributed by atoms with Gasteiger partial charge in [-0.3, -0.25) is 14.5 Å². The molecule has 0 radical (unpaired) electrons. The number of aromatic nitrogens is 2. The highest BCUT2D eigenvalue weighted by Gasteiger charge is 2.30. The number of alkyl halides is 3. The lowest BCUT2D eigenvalue weighted by Crippen LogP contribution is -2.38. The third-order valence-corrected chi connectivity index (χ3v) is 5.36. The summed E-state index contributed by atoms with van der Waals surface area (Å²) in [6.07, 6.45) is -2.81. The zero-order chi connectivity index (χ0) is 23.4. The van der Waals surface area contributed by atoms with Gasteiger partial charge in [0.15, 0.2) is 0 Å². The lowest BCUT2D eigenvalue weighted by Gasteiger charge is -2.24. The van der Waals surface area contributed by atoms with Gasteiger partial charge in [0.2, 0.25) is 5.91 Å². The number of carbonyl (C=O) groups is 1. The molecule has 0 unspecified atom stereocenters. The molecule has 1 aliphatic rings. The van der Waals surface area contributed by atoms with Gasteiger partial charge in [0.25, 0.3) is 5.56 Å². The van der Waals surface area contributed by atoms with Gasteiger partial charge in [0.1, 0.15) is 5.82 Å². The number of carbonyl (C=O) groups excluding carboxylic acids is 1. The Morgan fingerprint density at radius 3 is 2.79 bits per heavy atom. The summed E-state index contributed by atoms with van der Waals surface area (Å²) in [6, 6.07) is 11.4. The van der Waals surface area contributed by atoms with E-state index in [0.29, 0.717) is 29.9 Å². The van der Waals surface area contributed by atoms with E-state index in [1.807, 2.05) is 0 Å². The Labute approximate surface area is 187 Å². The minimum Gasteiger partial charge on any atom is -0.377 e. The van der Waals surface area contributed by atoms with E-state index < -0.39 is 17.6 Å². The molecule has 1 atom stereocenters. The first kappa shape index (κ1) is 22.9. The molecule has 1 saturated heterocycles. The fraction of sp³-hybridized carbons (Fsp3) is 0.348. The Morgan fingerprint density at radius 2 is 2.03 bits per heavy atom. The minimum absolute atomic E-state index is 0.0594. The van der Waals surface area contributed by atoms with Gasteiger partial charge in [-0.2, -0.15) is 13.2 Å². The second kappa shape index (κ2) is 9.72. The highest BCUT2D eigenvalue weighted by atomic mass is 19.4. The number of nitrogens with zero attached hydrogens (tertiary/aromatic N) is 2. The Hall–Kier alpha value is -3.24. The SMILES string of the molecule is O=C(CN(Cc1nc2ccccc2c(=O)[nH]1)C[C@H]1CCCO1)Nc1cccc(C(F)(F)F)c1. The van der Waals surface area contributed by atoms with Crippen LogP contribution in [0.4, 0.5) is 18.9 Å². The van der Waals surface area contributed by atoms with Gasteiger partial charge in [0, 0.05) is 18.8 Å². The van der Waals surface area contributed by atoms with Crippen LogP contribution in [0.25, 0.3) is 10.9 Å². The zero-order valence-corrected chi connectivity index (χ0v) is 17.7. The van der Waals surface area contributed by atoms with Crippen molar-refractivity contribution >= 4 is 22.5 Å². The highest BCUT2D eigenvalue weighted by Crippen LogP contribution is 2.30. The zero-order valence-electron chi connectivity index (χ0n) is 17.7. The predicted octanol–water partition coefficient (Wildman–Crippen LogP) is 3.56. The molecule has 0 spiro atoms. The molecule has 4 rings (SSSR count). The van der Waals surface area contributed by atoms with E-state index in [-0.39, 0.29) is 30.4 Å². The van der Waals surface area contributed by atoms with Crippen LogP contribution in [0.1, 0.15) is 24.2 Å². The Kier molecular flexibility index (Phi) is 6.75. The highest BCUT2D eigenvalue weighted by molar-refractivity contribution is 5.92. The summed E-state index contributed by atoms with van der Waals surface area (Å²) in [5.74, 6) is -0.0842. The number of para-hydroxylation sites is 1. The van der Waals surface area contributed by atoms with Crippen molar-refractivity contribution in [2.75, 3.05) is 25.0 Å². The number of benzene rings is 2. The second-order valence-electron chi connectivity index (χ2n) is 7.96. The number of amides is 1. The standard InChI is InChI=1S/C23H23F3N4O3/c24-23(25,26)15-5-3-6-16(11-15)27-21(31)14-30(12-17-7-4-10-33-17)13-20-28-19-9-2-1-8-18(19)22(32)29-20/h1-3,5-6,8-9,11,17H,4,7,10,12-14H2,(H,27,31)(H,28,29,32)/t17-/m1/s1. The number of fused-ring (bicyclic) bond motifs is 1. The monoisotopic (exact) mass is 460 g/mol. The fourth-order valence-corrected chi connectivity index (χ4v) is 3.86. The molecular formula is C23H23F3N4O3. The first-order valence-corrected chi connectivity index (χ1v) is 10.6. The van der Waals surface area contributed by atoms with E-state index in [0.717, 1.165) is 25.0 Å². The summed E-state index contributed by atoms with van der Waals surface area (Å²) in [4.78, 5) is 34.1. The van der Waals surface area contributed by atoms with Crippen LogP contribution in [0.2, 0.25) is 0 Å². The summed E-state index contributed by atoms with van der Waals surface area (Å²) >= 11 is 0. The van der Waals surface area contributed by atoms with E-state index in [2.05, 4.69) is 15.3 Å². The van der Waals surface area contributed by atoms with Crippen molar-refractivity contribution in [2.45, 2.75) is 31.7 Å². The number of ether oxygens (including phenoxy) is 1. The number of nitrogens with one attached hydrogen (secondary N) is 2. The molecule has 3 aromatic rings. The van der Waals surface area contributed by atoms with Crippen molar-refractivity contribution in [1.82, 2.24) is 14.9 Å². The summed E-state index contributed by atoms with van der Waals surface area (Å²) in [5.41, 5.74) is -0.513. The lowest BCUT2D eigenvalue weighted by molar-refractivity contribution is -0.137. The van der Waals surface area contributed by atoms with Crippen LogP contribution in [-0.2, 0) is 22.3 Å². The quantitative estimate of drug-likeness (QED) is 0.563. The van der Waals surface area contributed by atoms with Crippen LogP contribution in [0.5, 0.6) is 0 Å². The number of hydrogen-bond donors (Lipinski definition) is 2. The molecule has 2 aromatic carbocycles. The summed E-state index contributed by atoms with van der Waals surface area (Å²) in [5, 5.41) is 2.99. The van der Waals surface area contributed by atoms with Crippen molar-refractivity contribution in [3.05, 3.63) is 70.3 Å². The molecule has 1 aliphatic heterocycles. The molecule has 2 heterocycles. The van der Waals surface area contributed by atoms with E-state index in [9.17, 15) is 22.8 Å². The topological polar surface area (TPSA) is 87.3 Å². The molecule has 7 nitrogen and oxygen atoms in total. The molecular weight excluding hydrogens is 437 g/mol. The number of anilines is 1. The van der Waals surface area contributed by atoms with Gasteiger partial charge in [-0.25, -0.2) is 4.98 Å². The minimum atomic E-state index is -4.50. The van der Waals surface area contributed by atoms with Crippen molar-refractivity contribution in [2.24, 2.45) is 0 Å². The maximum atomic E-state index is 13.0. The van der Waals surface area contributed by atoms with Crippen molar-refractivity contribution in [3.63, 3.8) is 0 Å². The normalized spacial score (nSPS) is 16.4. The number of aromatic amines is 1.